The van der Waals surface area contributed by atoms with E-state index in [4.69, 9.17) is 9.97 Å². The van der Waals surface area contributed by atoms with E-state index in [0.717, 1.165) is 60.6 Å². The first-order valence-corrected chi connectivity index (χ1v) is 9.40. The second-order valence-electron chi connectivity index (χ2n) is 5.92. The fraction of sp³-hybridized carbons (Fsp3) is 0.733. The van der Waals surface area contributed by atoms with Gasteiger partial charge in [0.05, 0.1) is 0 Å². The van der Waals surface area contributed by atoms with Gasteiger partial charge in [-0.25, -0.2) is 9.97 Å². The number of anilines is 2. The number of aromatic nitrogens is 2. The van der Waals surface area contributed by atoms with E-state index in [-0.39, 0.29) is 0 Å². The van der Waals surface area contributed by atoms with Crippen LogP contribution in [0.25, 0.3) is 0 Å². The molecule has 6 heteroatoms. The first-order chi connectivity index (χ1) is 10.2. The SMILES string of the molecule is CCCNc1nc(C2CC2)nc(N2CCS(=O)CC2)c1C. The lowest BCUT2D eigenvalue weighted by molar-refractivity contribution is 0.671. The van der Waals surface area contributed by atoms with Crippen molar-refractivity contribution in [2.24, 2.45) is 0 Å². The minimum atomic E-state index is -0.654. The van der Waals surface area contributed by atoms with E-state index in [1.807, 2.05) is 0 Å². The molecule has 1 aliphatic carbocycles. The Morgan fingerprint density at radius 1 is 1.29 bits per heavy atom. The lowest BCUT2D eigenvalue weighted by Crippen LogP contribution is -2.39. The first-order valence-electron chi connectivity index (χ1n) is 7.91. The maximum Gasteiger partial charge on any atom is 0.137 e. The van der Waals surface area contributed by atoms with Crippen LogP contribution in [0.3, 0.4) is 0 Å². The zero-order valence-electron chi connectivity index (χ0n) is 12.9. The van der Waals surface area contributed by atoms with Crippen molar-refractivity contribution in [3.05, 3.63) is 11.4 Å². The summed E-state index contributed by atoms with van der Waals surface area (Å²) in [6.45, 7) is 6.86. The molecule has 3 rings (SSSR count). The number of nitrogens with one attached hydrogen (secondary N) is 1. The van der Waals surface area contributed by atoms with Gasteiger partial charge in [0.25, 0.3) is 0 Å². The third-order valence-electron chi connectivity index (χ3n) is 4.10. The van der Waals surface area contributed by atoms with E-state index >= 15 is 0 Å². The average Bonchev–Trinajstić information content (AvgIpc) is 3.32. The van der Waals surface area contributed by atoms with Crippen LogP contribution in [0, 0.1) is 6.92 Å². The van der Waals surface area contributed by atoms with Crippen LogP contribution in [0.15, 0.2) is 0 Å². The van der Waals surface area contributed by atoms with Gasteiger partial charge in [0, 0.05) is 53.4 Å². The topological polar surface area (TPSA) is 58.1 Å². The summed E-state index contributed by atoms with van der Waals surface area (Å²) in [6.07, 6.45) is 3.50. The quantitative estimate of drug-likeness (QED) is 0.902. The minimum absolute atomic E-state index is 0.547. The molecule has 1 N–H and O–H groups in total. The van der Waals surface area contributed by atoms with Gasteiger partial charge in [0.2, 0.25) is 0 Å². The molecule has 1 saturated carbocycles. The highest BCUT2D eigenvalue weighted by atomic mass is 32.2. The molecule has 0 unspecified atom stereocenters. The van der Waals surface area contributed by atoms with Crippen molar-refractivity contribution in [2.45, 2.75) is 39.0 Å². The van der Waals surface area contributed by atoms with Crippen molar-refractivity contribution in [2.75, 3.05) is 41.4 Å². The Hall–Kier alpha value is -1.17. The molecule has 21 heavy (non-hydrogen) atoms. The zero-order chi connectivity index (χ0) is 14.8. The number of rotatable bonds is 5. The van der Waals surface area contributed by atoms with Gasteiger partial charge >= 0.3 is 0 Å². The summed E-state index contributed by atoms with van der Waals surface area (Å²) < 4.78 is 11.6. The summed E-state index contributed by atoms with van der Waals surface area (Å²) in [4.78, 5) is 11.8. The minimum Gasteiger partial charge on any atom is -0.370 e. The fourth-order valence-corrected chi connectivity index (χ4v) is 3.67. The maximum absolute atomic E-state index is 11.6. The van der Waals surface area contributed by atoms with Crippen LogP contribution in [0.4, 0.5) is 11.6 Å². The van der Waals surface area contributed by atoms with Gasteiger partial charge in [-0.2, -0.15) is 0 Å². The Balaban J connectivity index is 1.89. The van der Waals surface area contributed by atoms with Gasteiger partial charge in [-0.05, 0) is 26.2 Å². The predicted octanol–water partition coefficient (Wildman–Crippen LogP) is 2.05. The first kappa shape index (κ1) is 14.8. The highest BCUT2D eigenvalue weighted by Crippen LogP contribution is 2.40. The Kier molecular flexibility index (Phi) is 4.42. The molecule has 1 aromatic heterocycles. The van der Waals surface area contributed by atoms with Crippen molar-refractivity contribution < 1.29 is 4.21 Å². The molecule has 2 heterocycles. The van der Waals surface area contributed by atoms with E-state index in [9.17, 15) is 4.21 Å². The second kappa shape index (κ2) is 6.30. The molecule has 116 valence electrons. The molecule has 0 bridgehead atoms. The van der Waals surface area contributed by atoms with E-state index in [2.05, 4.69) is 24.1 Å². The number of nitrogens with zero attached hydrogens (tertiary/aromatic N) is 3. The second-order valence-corrected chi connectivity index (χ2v) is 7.61. The van der Waals surface area contributed by atoms with Gasteiger partial charge in [0.1, 0.15) is 17.5 Å². The molecular formula is C15H24N4OS. The maximum atomic E-state index is 11.6. The van der Waals surface area contributed by atoms with Crippen LogP contribution >= 0.6 is 0 Å². The molecule has 1 aliphatic heterocycles. The van der Waals surface area contributed by atoms with Crippen molar-refractivity contribution in [1.82, 2.24) is 9.97 Å². The summed E-state index contributed by atoms with van der Waals surface area (Å²) in [5.41, 5.74) is 1.13. The lowest BCUT2D eigenvalue weighted by atomic mass is 10.2. The standard InChI is InChI=1S/C15H24N4OS/c1-3-6-16-13-11(2)15(18-14(17-13)12-4-5-12)19-7-9-21(20)10-8-19/h12H,3-10H2,1-2H3,(H,16,17,18). The smallest absolute Gasteiger partial charge is 0.137 e. The molecule has 1 aromatic rings. The van der Waals surface area contributed by atoms with Gasteiger partial charge < -0.3 is 10.2 Å². The molecule has 0 radical (unpaired) electrons. The van der Waals surface area contributed by atoms with Crippen molar-refractivity contribution >= 4 is 22.4 Å². The molecular weight excluding hydrogens is 284 g/mol. The van der Waals surface area contributed by atoms with Crippen LogP contribution < -0.4 is 10.2 Å². The monoisotopic (exact) mass is 308 g/mol. The van der Waals surface area contributed by atoms with Crippen molar-refractivity contribution in [1.29, 1.82) is 0 Å². The molecule has 1 saturated heterocycles. The Bertz CT molecular complexity index is 535. The fourth-order valence-electron chi connectivity index (χ4n) is 2.62. The largest absolute Gasteiger partial charge is 0.370 e. The predicted molar refractivity (Wildman–Crippen MR) is 87.6 cm³/mol. The van der Waals surface area contributed by atoms with Crippen LogP contribution in [0.5, 0.6) is 0 Å². The normalized spacial score (nSPS) is 19.8. The third kappa shape index (κ3) is 3.36. The molecule has 0 aromatic carbocycles. The summed E-state index contributed by atoms with van der Waals surface area (Å²) in [5, 5.41) is 3.44. The van der Waals surface area contributed by atoms with Gasteiger partial charge in [0.15, 0.2) is 0 Å². The van der Waals surface area contributed by atoms with Gasteiger partial charge in [-0.3, -0.25) is 4.21 Å². The molecule has 0 spiro atoms. The van der Waals surface area contributed by atoms with E-state index < -0.39 is 10.8 Å². The highest BCUT2D eigenvalue weighted by Gasteiger charge is 2.29. The van der Waals surface area contributed by atoms with Crippen molar-refractivity contribution in [3.63, 3.8) is 0 Å². The van der Waals surface area contributed by atoms with E-state index in [0.29, 0.717) is 5.92 Å². The van der Waals surface area contributed by atoms with Crippen LogP contribution in [-0.4, -0.2) is 45.3 Å². The van der Waals surface area contributed by atoms with Crippen LogP contribution in [0.2, 0.25) is 0 Å². The van der Waals surface area contributed by atoms with E-state index in [1.165, 1.54) is 12.8 Å². The van der Waals surface area contributed by atoms with Crippen LogP contribution in [-0.2, 0) is 10.8 Å². The van der Waals surface area contributed by atoms with Crippen LogP contribution in [0.1, 0.15) is 43.5 Å². The third-order valence-corrected chi connectivity index (χ3v) is 5.38. The summed E-state index contributed by atoms with van der Waals surface area (Å²) in [5.74, 6) is 5.06. The zero-order valence-corrected chi connectivity index (χ0v) is 13.7. The summed E-state index contributed by atoms with van der Waals surface area (Å²) in [7, 11) is -0.654. The Labute approximate surface area is 129 Å². The molecule has 0 atom stereocenters. The lowest BCUT2D eigenvalue weighted by Gasteiger charge is -2.29. The molecule has 5 nitrogen and oxygen atoms in total. The van der Waals surface area contributed by atoms with E-state index in [1.54, 1.807) is 0 Å². The summed E-state index contributed by atoms with van der Waals surface area (Å²) in [6, 6.07) is 0. The number of hydrogen-bond donors (Lipinski definition) is 1. The molecule has 2 fully saturated rings. The summed E-state index contributed by atoms with van der Waals surface area (Å²) >= 11 is 0. The molecule has 2 aliphatic rings. The van der Waals surface area contributed by atoms with Gasteiger partial charge in [-0.15, -0.1) is 0 Å². The number of hydrogen-bond acceptors (Lipinski definition) is 5. The van der Waals surface area contributed by atoms with Gasteiger partial charge in [-0.1, -0.05) is 6.92 Å². The highest BCUT2D eigenvalue weighted by molar-refractivity contribution is 7.85. The Morgan fingerprint density at radius 3 is 2.62 bits per heavy atom. The van der Waals surface area contributed by atoms with Crippen molar-refractivity contribution in [3.8, 4) is 0 Å². The Morgan fingerprint density at radius 2 is 2.00 bits per heavy atom. The molecule has 0 amide bonds. The average molecular weight is 308 g/mol.